The molecule has 0 fully saturated rings. The van der Waals surface area contributed by atoms with Gasteiger partial charge in [0.05, 0.1) is 35.2 Å². The van der Waals surface area contributed by atoms with Crippen LogP contribution < -0.4 is 9.80 Å². The largest absolute Gasteiger partial charge is 0.456 e. The number of anilines is 6. The van der Waals surface area contributed by atoms with Crippen LogP contribution in [0.2, 0.25) is 0 Å². The summed E-state index contributed by atoms with van der Waals surface area (Å²) in [5, 5.41) is 3.79. The molecule has 0 amide bonds. The van der Waals surface area contributed by atoms with Gasteiger partial charge in [-0.3, -0.25) is 0 Å². The van der Waals surface area contributed by atoms with E-state index in [9.17, 15) is 0 Å². The van der Waals surface area contributed by atoms with E-state index in [2.05, 4.69) is 35.2 Å². The standard InChI is InChI=1S/C42H28N2OS/c1-4-14-29(15-5-1)43(30-16-6-2-7-17-30)32-26-27-35-39(28-32)45-38-24-13-22-36(41(35)38)44(31-18-8-3-9-19-31)37-23-12-21-34-33-20-10-11-25-40(33)46-42(34)37/h1-28H/i1D,2D,4D,5D,6D,7D,14D,15D,16D,17D. The van der Waals surface area contributed by atoms with Crippen molar-refractivity contribution in [3.8, 4) is 0 Å². The molecule has 2 aromatic heterocycles. The minimum absolute atomic E-state index is 0.158. The summed E-state index contributed by atoms with van der Waals surface area (Å²) in [6.07, 6.45) is 0. The van der Waals surface area contributed by atoms with Gasteiger partial charge in [-0.2, -0.15) is 0 Å². The van der Waals surface area contributed by atoms with Crippen molar-refractivity contribution in [1.82, 2.24) is 0 Å². The molecule has 4 heteroatoms. The van der Waals surface area contributed by atoms with Crippen molar-refractivity contribution in [2.75, 3.05) is 9.80 Å². The fraction of sp³-hybridized carbons (Fsp3) is 0. The second kappa shape index (κ2) is 11.0. The van der Waals surface area contributed by atoms with Crippen molar-refractivity contribution in [3.63, 3.8) is 0 Å². The summed E-state index contributed by atoms with van der Waals surface area (Å²) in [7, 11) is 0. The minimum atomic E-state index is -0.637. The average molecular weight is 619 g/mol. The maximum Gasteiger partial charge on any atom is 0.137 e. The van der Waals surface area contributed by atoms with Gasteiger partial charge in [0, 0.05) is 49.7 Å². The number of nitrogens with zero attached hydrogens (tertiary/aromatic N) is 2. The van der Waals surface area contributed by atoms with Gasteiger partial charge in [0.25, 0.3) is 0 Å². The Balaban J connectivity index is 1.31. The molecule has 9 aromatic rings. The Morgan fingerprint density at radius 2 is 1.15 bits per heavy atom. The van der Waals surface area contributed by atoms with Crippen LogP contribution in [0.25, 0.3) is 42.1 Å². The third kappa shape index (κ3) is 4.34. The lowest BCUT2D eigenvalue weighted by atomic mass is 10.1. The molecule has 0 bridgehead atoms. The molecule has 7 aromatic carbocycles. The van der Waals surface area contributed by atoms with Crippen molar-refractivity contribution < 1.29 is 18.1 Å². The highest BCUT2D eigenvalue weighted by Crippen LogP contribution is 2.48. The zero-order chi connectivity index (χ0) is 39.2. The van der Waals surface area contributed by atoms with Crippen LogP contribution in [0.1, 0.15) is 13.7 Å². The predicted molar refractivity (Wildman–Crippen MR) is 196 cm³/mol. The van der Waals surface area contributed by atoms with Crippen molar-refractivity contribution in [1.29, 1.82) is 0 Å². The summed E-state index contributed by atoms with van der Waals surface area (Å²) < 4.78 is 94.2. The molecule has 0 saturated heterocycles. The molecule has 0 N–H and O–H groups in total. The van der Waals surface area contributed by atoms with E-state index in [1.807, 2.05) is 60.7 Å². The topological polar surface area (TPSA) is 19.6 Å². The first kappa shape index (κ1) is 18.2. The molecule has 9 rings (SSSR count). The molecule has 2 heterocycles. The third-order valence-corrected chi connectivity index (χ3v) is 9.23. The van der Waals surface area contributed by atoms with Crippen LogP contribution in [0.5, 0.6) is 0 Å². The van der Waals surface area contributed by atoms with E-state index in [1.54, 1.807) is 29.5 Å². The summed E-state index contributed by atoms with van der Waals surface area (Å²) in [4.78, 5) is 3.33. The van der Waals surface area contributed by atoms with E-state index in [0.29, 0.717) is 16.6 Å². The molecule has 0 aliphatic heterocycles. The molecule has 218 valence electrons. The van der Waals surface area contributed by atoms with Crippen LogP contribution in [0, 0.1) is 0 Å². The second-order valence-corrected chi connectivity index (χ2v) is 11.7. The molecule has 3 nitrogen and oxygen atoms in total. The van der Waals surface area contributed by atoms with Crippen LogP contribution in [-0.2, 0) is 0 Å². The summed E-state index contributed by atoms with van der Waals surface area (Å²) in [5.74, 6) is 0. The predicted octanol–water partition coefficient (Wildman–Crippen LogP) is 12.9. The summed E-state index contributed by atoms with van der Waals surface area (Å²) >= 11 is 1.72. The Hall–Kier alpha value is -5.84. The molecule has 0 atom stereocenters. The van der Waals surface area contributed by atoms with Gasteiger partial charge in [-0.05, 0) is 72.7 Å². The van der Waals surface area contributed by atoms with Crippen molar-refractivity contribution in [2.24, 2.45) is 0 Å². The van der Waals surface area contributed by atoms with Gasteiger partial charge in [0.1, 0.15) is 11.2 Å². The van der Waals surface area contributed by atoms with Crippen LogP contribution in [0.3, 0.4) is 0 Å². The number of para-hydroxylation sites is 3. The second-order valence-electron chi connectivity index (χ2n) is 10.6. The van der Waals surface area contributed by atoms with Gasteiger partial charge >= 0.3 is 0 Å². The number of furan rings is 1. The highest BCUT2D eigenvalue weighted by molar-refractivity contribution is 7.26. The van der Waals surface area contributed by atoms with Crippen molar-refractivity contribution in [3.05, 3.63) is 170 Å². The quantitative estimate of drug-likeness (QED) is 0.185. The van der Waals surface area contributed by atoms with E-state index in [4.69, 9.17) is 18.1 Å². The minimum Gasteiger partial charge on any atom is -0.456 e. The highest BCUT2D eigenvalue weighted by atomic mass is 32.1. The van der Waals surface area contributed by atoms with Gasteiger partial charge in [-0.25, -0.2) is 0 Å². The van der Waals surface area contributed by atoms with E-state index < -0.39 is 60.4 Å². The van der Waals surface area contributed by atoms with E-state index in [1.165, 1.54) is 10.1 Å². The Labute approximate surface area is 284 Å². The summed E-state index contributed by atoms with van der Waals surface area (Å²) in [5.41, 5.74) is 3.04. The van der Waals surface area contributed by atoms with Crippen molar-refractivity contribution >= 4 is 87.6 Å². The fourth-order valence-corrected chi connectivity index (χ4v) is 7.30. The van der Waals surface area contributed by atoms with Crippen LogP contribution in [-0.4, -0.2) is 0 Å². The fourth-order valence-electron chi connectivity index (χ4n) is 6.09. The van der Waals surface area contributed by atoms with Gasteiger partial charge in [0.2, 0.25) is 0 Å². The Kier molecular flexibility index (Phi) is 4.33. The Bertz CT molecular complexity index is 2950. The zero-order valence-electron chi connectivity index (χ0n) is 34.1. The molecule has 0 saturated carbocycles. The molecule has 0 spiro atoms. The lowest BCUT2D eigenvalue weighted by molar-refractivity contribution is 0.669. The first-order valence-electron chi connectivity index (χ1n) is 19.6. The maximum absolute atomic E-state index is 8.84. The number of benzene rings is 7. The maximum atomic E-state index is 8.84. The van der Waals surface area contributed by atoms with Gasteiger partial charge in [-0.15, -0.1) is 11.3 Å². The SMILES string of the molecule is [2H]c1c([2H])c([2H])c(N(c2ccc3c(c2)oc2cccc(N(c4ccccc4)c4cccc5c4sc4ccccc45)c23)c2c([2H])c([2H])c([2H])c([2H])c2[2H])c([2H])c1[2H]. The number of rotatable bonds is 6. The smallest absolute Gasteiger partial charge is 0.137 e. The molecular formula is C42H28N2OS. The van der Waals surface area contributed by atoms with Crippen LogP contribution in [0.15, 0.2) is 174 Å². The van der Waals surface area contributed by atoms with Crippen LogP contribution >= 0.6 is 11.3 Å². The number of fused-ring (bicyclic) bond motifs is 6. The van der Waals surface area contributed by atoms with E-state index in [0.717, 1.165) is 37.4 Å². The van der Waals surface area contributed by atoms with Gasteiger partial charge in [-0.1, -0.05) is 90.9 Å². The average Bonchev–Trinajstić information content (AvgIpc) is 3.80. The molecule has 46 heavy (non-hydrogen) atoms. The van der Waals surface area contributed by atoms with Crippen molar-refractivity contribution in [2.45, 2.75) is 0 Å². The highest BCUT2D eigenvalue weighted by Gasteiger charge is 2.23. The Morgan fingerprint density at radius 1 is 0.478 bits per heavy atom. The number of hydrogen-bond donors (Lipinski definition) is 0. The van der Waals surface area contributed by atoms with Crippen LogP contribution in [0.4, 0.5) is 34.1 Å². The summed E-state index contributed by atoms with van der Waals surface area (Å²) in [6.45, 7) is 0. The first-order chi connectivity index (χ1) is 27.0. The molecule has 0 unspecified atom stereocenters. The molecule has 0 radical (unpaired) electrons. The van der Waals surface area contributed by atoms with Gasteiger partial charge in [0.15, 0.2) is 0 Å². The van der Waals surface area contributed by atoms with Gasteiger partial charge < -0.3 is 14.2 Å². The molecule has 0 aliphatic rings. The number of thiophene rings is 1. The lowest BCUT2D eigenvalue weighted by Crippen LogP contribution is -2.10. The monoisotopic (exact) mass is 618 g/mol. The summed E-state index contributed by atoms with van der Waals surface area (Å²) in [6, 6.07) is 29.2. The third-order valence-electron chi connectivity index (χ3n) is 8.02. The zero-order valence-corrected chi connectivity index (χ0v) is 24.9. The lowest BCUT2D eigenvalue weighted by Gasteiger charge is -2.27. The number of hydrogen-bond acceptors (Lipinski definition) is 4. The van der Waals surface area contributed by atoms with E-state index >= 15 is 0 Å². The molecule has 0 aliphatic carbocycles. The Morgan fingerprint density at radius 3 is 1.93 bits per heavy atom. The normalized spacial score (nSPS) is 14.5. The molecular weight excluding hydrogens is 581 g/mol. The van der Waals surface area contributed by atoms with E-state index in [-0.39, 0.29) is 17.1 Å². The first-order valence-corrected chi connectivity index (χ1v) is 15.4.